The number of nitrogens with zero attached hydrogens (tertiary/aromatic N) is 3. The molecule has 0 radical (unpaired) electrons. The number of carbonyl (C=O) groups excluding carboxylic acids is 2. The van der Waals surface area contributed by atoms with Crippen LogP contribution in [0.3, 0.4) is 0 Å². The minimum atomic E-state index is -0.819. The highest BCUT2D eigenvalue weighted by Crippen LogP contribution is 2.41. The van der Waals surface area contributed by atoms with Gasteiger partial charge in [-0.15, -0.1) is 0 Å². The van der Waals surface area contributed by atoms with Crippen molar-refractivity contribution in [1.82, 2.24) is 14.7 Å². The second-order valence-electron chi connectivity index (χ2n) is 8.16. The molecule has 0 unspecified atom stereocenters. The molecule has 1 saturated heterocycles. The first-order valence-electron chi connectivity index (χ1n) is 9.40. The number of hydrogen-bond donors (Lipinski definition) is 0. The summed E-state index contributed by atoms with van der Waals surface area (Å²) >= 11 is 3.61. The molecule has 2 heterocycles. The first kappa shape index (κ1) is 21.7. The van der Waals surface area contributed by atoms with E-state index in [2.05, 4.69) is 21.0 Å². The second-order valence-corrected chi connectivity index (χ2v) is 8.91. The molecule has 1 amide bonds. The summed E-state index contributed by atoms with van der Waals surface area (Å²) in [6, 6.07) is 0.161. The van der Waals surface area contributed by atoms with Gasteiger partial charge in [-0.2, -0.15) is 5.10 Å². The lowest BCUT2D eigenvalue weighted by Crippen LogP contribution is -2.50. The van der Waals surface area contributed by atoms with E-state index in [0.29, 0.717) is 32.5 Å². The van der Waals surface area contributed by atoms with Crippen molar-refractivity contribution >= 4 is 28.0 Å². The van der Waals surface area contributed by atoms with Crippen molar-refractivity contribution in [3.63, 3.8) is 0 Å². The van der Waals surface area contributed by atoms with Crippen molar-refractivity contribution in [3.8, 4) is 0 Å². The van der Waals surface area contributed by atoms with Gasteiger partial charge in [0.05, 0.1) is 12.8 Å². The van der Waals surface area contributed by atoms with Crippen LogP contribution in [0.5, 0.6) is 0 Å². The molecule has 0 bridgehead atoms. The van der Waals surface area contributed by atoms with Gasteiger partial charge in [-0.25, -0.2) is 4.79 Å². The molecule has 0 N–H and O–H groups in total. The zero-order valence-corrected chi connectivity index (χ0v) is 18.6. The molecule has 0 aliphatic carbocycles. The Kier molecular flexibility index (Phi) is 6.60. The molecule has 8 heteroatoms. The summed E-state index contributed by atoms with van der Waals surface area (Å²) in [6.07, 6.45) is 2.32. The molecular formula is C19H30BrN3O4. The summed E-state index contributed by atoms with van der Waals surface area (Å²) < 4.78 is 13.5. The molecule has 1 fully saturated rings. The summed E-state index contributed by atoms with van der Waals surface area (Å²) in [5.41, 5.74) is -0.548. The van der Waals surface area contributed by atoms with Crippen LogP contribution in [0.4, 0.5) is 4.79 Å². The number of ether oxygens (including phenoxy) is 2. The van der Waals surface area contributed by atoms with Gasteiger partial charge in [0.25, 0.3) is 0 Å². The topological polar surface area (TPSA) is 73.7 Å². The lowest BCUT2D eigenvalue weighted by molar-refractivity contribution is -0.152. The Morgan fingerprint density at radius 3 is 2.33 bits per heavy atom. The van der Waals surface area contributed by atoms with Gasteiger partial charge < -0.3 is 14.4 Å². The van der Waals surface area contributed by atoms with Crippen molar-refractivity contribution in [1.29, 1.82) is 0 Å². The van der Waals surface area contributed by atoms with Gasteiger partial charge in [0.1, 0.15) is 15.6 Å². The van der Waals surface area contributed by atoms with Crippen LogP contribution in [0.15, 0.2) is 10.8 Å². The number of piperidine rings is 1. The average molecular weight is 444 g/mol. The normalized spacial score (nSPS) is 17.1. The Bertz CT molecular complexity index is 686. The third-order valence-corrected chi connectivity index (χ3v) is 5.46. The van der Waals surface area contributed by atoms with Gasteiger partial charge in [-0.05, 0) is 70.3 Å². The molecule has 1 aliphatic rings. The lowest BCUT2D eigenvalue weighted by atomic mass is 9.74. The van der Waals surface area contributed by atoms with E-state index in [-0.39, 0.29) is 18.1 Å². The van der Waals surface area contributed by atoms with Crippen molar-refractivity contribution < 1.29 is 19.1 Å². The lowest BCUT2D eigenvalue weighted by Gasteiger charge is -2.40. The Morgan fingerprint density at radius 1 is 1.30 bits per heavy atom. The maximum absolute atomic E-state index is 12.9. The van der Waals surface area contributed by atoms with Crippen LogP contribution in [0, 0.1) is 0 Å². The Balaban J connectivity index is 2.28. The van der Waals surface area contributed by atoms with E-state index < -0.39 is 11.0 Å². The fourth-order valence-electron chi connectivity index (χ4n) is 3.28. The highest BCUT2D eigenvalue weighted by Gasteiger charge is 2.47. The van der Waals surface area contributed by atoms with Gasteiger partial charge in [-0.3, -0.25) is 9.48 Å². The van der Waals surface area contributed by atoms with E-state index in [4.69, 9.17) is 9.47 Å². The molecule has 0 spiro atoms. The summed E-state index contributed by atoms with van der Waals surface area (Å²) in [4.78, 5) is 27.0. The van der Waals surface area contributed by atoms with Crippen LogP contribution in [0.25, 0.3) is 0 Å². The zero-order valence-electron chi connectivity index (χ0n) is 17.0. The zero-order chi connectivity index (χ0) is 20.4. The second kappa shape index (κ2) is 8.20. The van der Waals surface area contributed by atoms with Crippen LogP contribution < -0.4 is 0 Å². The van der Waals surface area contributed by atoms with Crippen LogP contribution >= 0.6 is 15.9 Å². The molecule has 1 aliphatic heterocycles. The van der Waals surface area contributed by atoms with Crippen molar-refractivity contribution in [2.75, 3.05) is 19.7 Å². The number of aromatic nitrogens is 2. The van der Waals surface area contributed by atoms with Crippen LogP contribution in [-0.2, 0) is 19.7 Å². The molecule has 152 valence electrons. The summed E-state index contributed by atoms with van der Waals surface area (Å²) in [5, 5.41) is 4.44. The number of carbonyl (C=O) groups is 2. The fraction of sp³-hybridized carbons (Fsp3) is 0.737. The molecule has 2 rings (SSSR count). The predicted octanol–water partition coefficient (Wildman–Crippen LogP) is 4.06. The average Bonchev–Trinajstić information content (AvgIpc) is 2.95. The molecule has 0 saturated carbocycles. The SMILES string of the molecule is CCOC(=O)C1(c2cnn(C(C)C)c2Br)CCN(C(=O)OC(C)(C)C)CC1. The Labute approximate surface area is 169 Å². The minimum absolute atomic E-state index is 0.161. The van der Waals surface area contributed by atoms with Crippen molar-refractivity contribution in [3.05, 3.63) is 16.4 Å². The summed E-state index contributed by atoms with van der Waals surface area (Å²) in [7, 11) is 0. The van der Waals surface area contributed by atoms with E-state index in [9.17, 15) is 9.59 Å². The minimum Gasteiger partial charge on any atom is -0.465 e. The number of halogens is 1. The Morgan fingerprint density at radius 2 is 1.89 bits per heavy atom. The standard InChI is InChI=1S/C19H30BrN3O4/c1-7-26-16(24)19(14-12-21-23(13(2)3)15(14)20)8-10-22(11-9-19)17(25)27-18(4,5)6/h12-13H,7-11H2,1-6H3. The van der Waals surface area contributed by atoms with E-state index >= 15 is 0 Å². The summed E-state index contributed by atoms with van der Waals surface area (Å²) in [5.74, 6) is -0.266. The first-order chi connectivity index (χ1) is 12.5. The number of hydrogen-bond acceptors (Lipinski definition) is 5. The number of rotatable bonds is 4. The largest absolute Gasteiger partial charge is 0.465 e. The van der Waals surface area contributed by atoms with Crippen LogP contribution in [0.1, 0.15) is 66.0 Å². The Hall–Kier alpha value is -1.57. The number of amides is 1. The van der Waals surface area contributed by atoms with Crippen LogP contribution in [-0.4, -0.2) is 52.0 Å². The predicted molar refractivity (Wildman–Crippen MR) is 106 cm³/mol. The van der Waals surface area contributed by atoms with E-state index in [0.717, 1.165) is 10.2 Å². The molecule has 1 aromatic rings. The molecule has 1 aromatic heterocycles. The van der Waals surface area contributed by atoms with E-state index in [1.807, 2.05) is 39.3 Å². The van der Waals surface area contributed by atoms with Gasteiger partial charge in [0, 0.05) is 24.7 Å². The van der Waals surface area contributed by atoms with E-state index in [1.54, 1.807) is 18.0 Å². The molecule has 27 heavy (non-hydrogen) atoms. The molecule has 7 nitrogen and oxygen atoms in total. The highest BCUT2D eigenvalue weighted by molar-refractivity contribution is 9.10. The number of esters is 1. The fourth-order valence-corrected chi connectivity index (χ4v) is 4.26. The quantitative estimate of drug-likeness (QED) is 0.655. The third-order valence-electron chi connectivity index (χ3n) is 4.67. The van der Waals surface area contributed by atoms with Gasteiger partial charge >= 0.3 is 12.1 Å². The van der Waals surface area contributed by atoms with Gasteiger partial charge in [0.2, 0.25) is 0 Å². The van der Waals surface area contributed by atoms with Gasteiger partial charge in [0.15, 0.2) is 0 Å². The van der Waals surface area contributed by atoms with Crippen molar-refractivity contribution in [2.45, 2.75) is 71.4 Å². The smallest absolute Gasteiger partial charge is 0.410 e. The van der Waals surface area contributed by atoms with Crippen LogP contribution in [0.2, 0.25) is 0 Å². The maximum Gasteiger partial charge on any atom is 0.410 e. The highest BCUT2D eigenvalue weighted by atomic mass is 79.9. The number of likely N-dealkylation sites (tertiary alicyclic amines) is 1. The summed E-state index contributed by atoms with van der Waals surface area (Å²) in [6.45, 7) is 12.5. The first-order valence-corrected chi connectivity index (χ1v) is 10.2. The monoisotopic (exact) mass is 443 g/mol. The van der Waals surface area contributed by atoms with Crippen molar-refractivity contribution in [2.24, 2.45) is 0 Å². The van der Waals surface area contributed by atoms with E-state index in [1.165, 1.54) is 0 Å². The molecule has 0 atom stereocenters. The van der Waals surface area contributed by atoms with Gasteiger partial charge in [-0.1, -0.05) is 0 Å². The maximum atomic E-state index is 12.9. The molecular weight excluding hydrogens is 414 g/mol. The third kappa shape index (κ3) is 4.65. The molecule has 0 aromatic carbocycles.